The highest BCUT2D eigenvalue weighted by molar-refractivity contribution is 6.33. The standard InChI is InChI=1S/C29H28ClN5O3/c30-25-12-5-4-11-24(25)26-13-14-27(32-31-26)33-15-7-16-34(18-17-33)28(36)21-35(20-23-10-6-19-38-23)29(37)22-8-2-1-3-9-22/h1-6,8-14,19H,7,15-18,20-21H2. The largest absolute Gasteiger partial charge is 0.467 e. The summed E-state index contributed by atoms with van der Waals surface area (Å²) in [6, 6.07) is 24.0. The maximum absolute atomic E-state index is 13.3. The van der Waals surface area contributed by atoms with Gasteiger partial charge < -0.3 is 19.1 Å². The van der Waals surface area contributed by atoms with Gasteiger partial charge in [-0.25, -0.2) is 0 Å². The first-order valence-electron chi connectivity index (χ1n) is 12.6. The van der Waals surface area contributed by atoms with Crippen molar-refractivity contribution in [1.29, 1.82) is 0 Å². The molecule has 5 rings (SSSR count). The molecular formula is C29H28ClN5O3. The SMILES string of the molecule is O=C(CN(Cc1ccco1)C(=O)c1ccccc1)N1CCCN(c2ccc(-c3ccccc3Cl)nn2)CC1. The van der Waals surface area contributed by atoms with Crippen LogP contribution < -0.4 is 4.90 Å². The van der Waals surface area contributed by atoms with Crippen LogP contribution in [0, 0.1) is 0 Å². The van der Waals surface area contributed by atoms with Crippen molar-refractivity contribution in [3.63, 3.8) is 0 Å². The van der Waals surface area contributed by atoms with Crippen molar-refractivity contribution in [2.75, 3.05) is 37.6 Å². The van der Waals surface area contributed by atoms with Crippen LogP contribution in [-0.4, -0.2) is 64.5 Å². The van der Waals surface area contributed by atoms with Gasteiger partial charge in [-0.05, 0) is 48.9 Å². The number of nitrogens with zero attached hydrogens (tertiary/aromatic N) is 5. The predicted molar refractivity (Wildman–Crippen MR) is 146 cm³/mol. The van der Waals surface area contributed by atoms with Gasteiger partial charge in [-0.2, -0.15) is 0 Å². The summed E-state index contributed by atoms with van der Waals surface area (Å²) in [6.07, 6.45) is 2.35. The number of rotatable bonds is 7. The van der Waals surface area contributed by atoms with Crippen molar-refractivity contribution in [2.24, 2.45) is 0 Å². The molecule has 1 aliphatic rings. The molecule has 3 heterocycles. The van der Waals surface area contributed by atoms with E-state index in [1.54, 1.807) is 30.5 Å². The highest BCUT2D eigenvalue weighted by Crippen LogP contribution is 2.26. The summed E-state index contributed by atoms with van der Waals surface area (Å²) < 4.78 is 5.46. The molecule has 4 aromatic rings. The fourth-order valence-corrected chi connectivity index (χ4v) is 4.75. The Hall–Kier alpha value is -4.17. The molecule has 0 saturated carbocycles. The Bertz CT molecular complexity index is 1360. The number of carbonyl (C=O) groups is 2. The van der Waals surface area contributed by atoms with Gasteiger partial charge in [-0.1, -0.05) is 48.0 Å². The number of furan rings is 1. The zero-order valence-electron chi connectivity index (χ0n) is 20.9. The van der Waals surface area contributed by atoms with Crippen LogP contribution in [0.5, 0.6) is 0 Å². The Balaban J connectivity index is 1.23. The Morgan fingerprint density at radius 3 is 2.42 bits per heavy atom. The summed E-state index contributed by atoms with van der Waals surface area (Å²) in [7, 11) is 0. The Kier molecular flexibility index (Phi) is 7.99. The summed E-state index contributed by atoms with van der Waals surface area (Å²) in [5, 5.41) is 9.44. The zero-order chi connectivity index (χ0) is 26.3. The Labute approximate surface area is 226 Å². The quantitative estimate of drug-likeness (QED) is 0.343. The minimum atomic E-state index is -0.208. The van der Waals surface area contributed by atoms with E-state index in [1.807, 2.05) is 59.5 Å². The fraction of sp³-hybridized carbons (Fsp3) is 0.241. The molecule has 0 spiro atoms. The van der Waals surface area contributed by atoms with Gasteiger partial charge in [-0.3, -0.25) is 9.59 Å². The average Bonchev–Trinajstić information content (AvgIpc) is 3.34. The van der Waals surface area contributed by atoms with Gasteiger partial charge in [0.25, 0.3) is 5.91 Å². The first-order chi connectivity index (χ1) is 18.6. The van der Waals surface area contributed by atoms with Crippen molar-refractivity contribution in [3.8, 4) is 11.3 Å². The van der Waals surface area contributed by atoms with E-state index in [-0.39, 0.29) is 24.9 Å². The third-order valence-corrected chi connectivity index (χ3v) is 6.86. The second kappa shape index (κ2) is 11.9. The number of hydrogen-bond acceptors (Lipinski definition) is 6. The first kappa shape index (κ1) is 25.5. The second-order valence-electron chi connectivity index (χ2n) is 9.08. The van der Waals surface area contributed by atoms with E-state index in [9.17, 15) is 9.59 Å². The third-order valence-electron chi connectivity index (χ3n) is 6.53. The summed E-state index contributed by atoms with van der Waals surface area (Å²) in [4.78, 5) is 32.1. The van der Waals surface area contributed by atoms with Crippen LogP contribution in [0.1, 0.15) is 22.5 Å². The molecule has 38 heavy (non-hydrogen) atoms. The lowest BCUT2D eigenvalue weighted by Crippen LogP contribution is -2.44. The smallest absolute Gasteiger partial charge is 0.254 e. The number of amides is 2. The van der Waals surface area contributed by atoms with Gasteiger partial charge in [0.15, 0.2) is 5.82 Å². The summed E-state index contributed by atoms with van der Waals surface area (Å²) in [5.41, 5.74) is 2.09. The fourth-order valence-electron chi connectivity index (χ4n) is 4.52. The van der Waals surface area contributed by atoms with Crippen LogP contribution in [0.25, 0.3) is 11.3 Å². The maximum atomic E-state index is 13.3. The molecule has 0 unspecified atom stereocenters. The topological polar surface area (TPSA) is 82.8 Å². The van der Waals surface area contributed by atoms with Crippen LogP contribution in [0.2, 0.25) is 5.02 Å². The van der Waals surface area contributed by atoms with E-state index in [1.165, 1.54) is 4.90 Å². The molecular weight excluding hydrogens is 502 g/mol. The highest BCUT2D eigenvalue weighted by atomic mass is 35.5. The molecule has 2 amide bonds. The van der Waals surface area contributed by atoms with E-state index in [0.29, 0.717) is 41.7 Å². The van der Waals surface area contributed by atoms with Crippen LogP contribution in [-0.2, 0) is 11.3 Å². The van der Waals surface area contributed by atoms with Gasteiger partial charge >= 0.3 is 0 Å². The van der Waals surface area contributed by atoms with E-state index in [2.05, 4.69) is 15.1 Å². The monoisotopic (exact) mass is 529 g/mol. The number of halogens is 1. The molecule has 0 atom stereocenters. The summed E-state index contributed by atoms with van der Waals surface area (Å²) >= 11 is 6.30. The van der Waals surface area contributed by atoms with E-state index in [0.717, 1.165) is 24.3 Å². The van der Waals surface area contributed by atoms with E-state index in [4.69, 9.17) is 16.0 Å². The molecule has 2 aromatic heterocycles. The minimum absolute atomic E-state index is 0.0270. The van der Waals surface area contributed by atoms with Gasteiger partial charge in [0.05, 0.1) is 23.5 Å². The van der Waals surface area contributed by atoms with Gasteiger partial charge in [0.2, 0.25) is 5.91 Å². The van der Waals surface area contributed by atoms with Crippen LogP contribution in [0.15, 0.2) is 89.5 Å². The van der Waals surface area contributed by atoms with Crippen LogP contribution in [0.4, 0.5) is 5.82 Å². The van der Waals surface area contributed by atoms with Crippen molar-refractivity contribution < 1.29 is 14.0 Å². The lowest BCUT2D eigenvalue weighted by molar-refractivity contribution is -0.131. The summed E-state index contributed by atoms with van der Waals surface area (Å²) in [5.74, 6) is 1.08. The van der Waals surface area contributed by atoms with Crippen molar-refractivity contribution in [1.82, 2.24) is 20.0 Å². The number of aromatic nitrogens is 2. The minimum Gasteiger partial charge on any atom is -0.467 e. The molecule has 0 bridgehead atoms. The Morgan fingerprint density at radius 1 is 0.868 bits per heavy atom. The van der Waals surface area contributed by atoms with Crippen molar-refractivity contribution in [2.45, 2.75) is 13.0 Å². The number of benzene rings is 2. The van der Waals surface area contributed by atoms with Crippen molar-refractivity contribution >= 4 is 29.2 Å². The molecule has 0 aliphatic carbocycles. The van der Waals surface area contributed by atoms with Gasteiger partial charge in [0, 0.05) is 37.3 Å². The lowest BCUT2D eigenvalue weighted by Gasteiger charge is -2.26. The van der Waals surface area contributed by atoms with Gasteiger partial charge in [-0.15, -0.1) is 10.2 Å². The molecule has 1 aliphatic heterocycles. The predicted octanol–water partition coefficient (Wildman–Crippen LogP) is 4.77. The third kappa shape index (κ3) is 6.03. The average molecular weight is 530 g/mol. The number of anilines is 1. The molecule has 1 fully saturated rings. The molecule has 8 nitrogen and oxygen atoms in total. The van der Waals surface area contributed by atoms with E-state index < -0.39 is 0 Å². The van der Waals surface area contributed by atoms with Crippen LogP contribution in [0.3, 0.4) is 0 Å². The van der Waals surface area contributed by atoms with Gasteiger partial charge in [0.1, 0.15) is 12.3 Å². The zero-order valence-corrected chi connectivity index (χ0v) is 21.6. The molecule has 194 valence electrons. The summed E-state index contributed by atoms with van der Waals surface area (Å²) in [6.45, 7) is 2.70. The lowest BCUT2D eigenvalue weighted by atomic mass is 10.1. The molecule has 0 N–H and O–H groups in total. The normalized spacial score (nSPS) is 13.7. The highest BCUT2D eigenvalue weighted by Gasteiger charge is 2.25. The van der Waals surface area contributed by atoms with E-state index >= 15 is 0 Å². The second-order valence-corrected chi connectivity index (χ2v) is 9.49. The molecule has 9 heteroatoms. The first-order valence-corrected chi connectivity index (χ1v) is 12.9. The number of hydrogen-bond donors (Lipinski definition) is 0. The number of carbonyl (C=O) groups excluding carboxylic acids is 2. The maximum Gasteiger partial charge on any atom is 0.254 e. The molecule has 0 radical (unpaired) electrons. The Morgan fingerprint density at radius 2 is 1.68 bits per heavy atom. The van der Waals surface area contributed by atoms with Crippen LogP contribution >= 0.6 is 11.6 Å². The van der Waals surface area contributed by atoms with Crippen molar-refractivity contribution in [3.05, 3.63) is 101 Å². The molecule has 2 aromatic carbocycles. The molecule has 1 saturated heterocycles.